The Morgan fingerprint density at radius 2 is 2.18 bits per heavy atom. The van der Waals surface area contributed by atoms with Crippen LogP contribution >= 0.6 is 0 Å². The summed E-state index contributed by atoms with van der Waals surface area (Å²) >= 11 is 0. The summed E-state index contributed by atoms with van der Waals surface area (Å²) in [6.07, 6.45) is 4.31. The molecule has 0 bridgehead atoms. The van der Waals surface area contributed by atoms with Crippen molar-refractivity contribution in [1.82, 2.24) is 19.6 Å². The first kappa shape index (κ1) is 14.5. The Kier molecular flexibility index (Phi) is 3.79. The lowest BCUT2D eigenvalue weighted by Gasteiger charge is -2.32. The molecule has 1 saturated heterocycles. The van der Waals surface area contributed by atoms with Crippen molar-refractivity contribution in [3.8, 4) is 0 Å². The first-order valence-corrected chi connectivity index (χ1v) is 7.35. The van der Waals surface area contributed by atoms with E-state index in [9.17, 15) is 9.59 Å². The average Bonchev–Trinajstić information content (AvgIpc) is 3.14. The van der Waals surface area contributed by atoms with Gasteiger partial charge in [-0.2, -0.15) is 4.98 Å². The second kappa shape index (κ2) is 5.75. The van der Waals surface area contributed by atoms with E-state index in [1.807, 2.05) is 0 Å². The normalized spacial score (nSPS) is 18.5. The van der Waals surface area contributed by atoms with Crippen LogP contribution in [0.1, 0.15) is 47.5 Å². The Bertz CT molecular complexity index is 703. The Morgan fingerprint density at radius 1 is 1.36 bits per heavy atom. The number of rotatable bonds is 3. The fourth-order valence-electron chi connectivity index (χ4n) is 2.82. The van der Waals surface area contributed by atoms with E-state index < -0.39 is 11.7 Å². The molecule has 0 spiro atoms. The Labute approximate surface area is 127 Å². The number of carbonyl (C=O) groups is 2. The van der Waals surface area contributed by atoms with E-state index >= 15 is 0 Å². The lowest BCUT2D eigenvalue weighted by Crippen LogP contribution is -2.42. The van der Waals surface area contributed by atoms with Crippen LogP contribution < -0.4 is 0 Å². The number of carbonyl (C=O) groups excluding carboxylic acids is 2. The van der Waals surface area contributed by atoms with E-state index in [1.54, 1.807) is 41.8 Å². The molecule has 0 aliphatic carbocycles. The Hall–Kier alpha value is -2.44. The Balaban J connectivity index is 1.86. The molecule has 1 amide bonds. The molecule has 7 nitrogen and oxygen atoms in total. The van der Waals surface area contributed by atoms with Crippen molar-refractivity contribution < 1.29 is 14.1 Å². The molecule has 3 rings (SSSR count). The molecule has 1 aliphatic rings. The highest BCUT2D eigenvalue weighted by Crippen LogP contribution is 2.30. The summed E-state index contributed by atoms with van der Waals surface area (Å²) in [4.78, 5) is 30.8. The number of aryl methyl sites for hydroxylation is 2. The molecular weight excluding hydrogens is 284 g/mol. The van der Waals surface area contributed by atoms with Crippen molar-refractivity contribution in [3.05, 3.63) is 35.7 Å². The molecule has 0 saturated carbocycles. The number of hydrogen-bond donors (Lipinski definition) is 0. The second-order valence-electron chi connectivity index (χ2n) is 5.52. The highest BCUT2D eigenvalue weighted by atomic mass is 16.5. The SMILES string of the molecule is Cc1noc([C@@H]2CCCCN2C(=O)C(=O)c2cccn2C)n1. The summed E-state index contributed by atoms with van der Waals surface area (Å²) in [6.45, 7) is 2.26. The standard InChI is InChI=1S/C15H18N4O3/c1-10-16-14(22-17-10)12-6-3-4-9-19(12)15(21)13(20)11-7-5-8-18(11)2/h5,7-8,12H,3-4,6,9H2,1-2H3/t12-/m0/s1. The lowest BCUT2D eigenvalue weighted by atomic mass is 10.0. The first-order chi connectivity index (χ1) is 10.6. The molecule has 2 aromatic rings. The fourth-order valence-corrected chi connectivity index (χ4v) is 2.82. The van der Waals surface area contributed by atoms with Crippen LogP contribution in [0, 0.1) is 6.92 Å². The fraction of sp³-hybridized carbons (Fsp3) is 0.467. The van der Waals surface area contributed by atoms with Gasteiger partial charge in [-0.15, -0.1) is 0 Å². The van der Waals surface area contributed by atoms with Gasteiger partial charge in [-0.05, 0) is 38.3 Å². The van der Waals surface area contributed by atoms with E-state index in [1.165, 1.54) is 0 Å². The van der Waals surface area contributed by atoms with Crippen molar-refractivity contribution in [1.29, 1.82) is 0 Å². The number of nitrogens with zero attached hydrogens (tertiary/aromatic N) is 4. The van der Waals surface area contributed by atoms with Gasteiger partial charge >= 0.3 is 0 Å². The van der Waals surface area contributed by atoms with Gasteiger partial charge in [0.25, 0.3) is 11.7 Å². The van der Waals surface area contributed by atoms with Gasteiger partial charge in [0.15, 0.2) is 5.82 Å². The van der Waals surface area contributed by atoms with Gasteiger partial charge in [-0.1, -0.05) is 5.16 Å². The number of aromatic nitrogens is 3. The number of ketones is 1. The quantitative estimate of drug-likeness (QED) is 0.636. The lowest BCUT2D eigenvalue weighted by molar-refractivity contribution is -0.130. The highest BCUT2D eigenvalue weighted by Gasteiger charge is 2.35. The third-order valence-electron chi connectivity index (χ3n) is 3.96. The van der Waals surface area contributed by atoms with Crippen LogP contribution in [0.2, 0.25) is 0 Å². The average molecular weight is 302 g/mol. The van der Waals surface area contributed by atoms with Crippen LogP contribution in [0.3, 0.4) is 0 Å². The summed E-state index contributed by atoms with van der Waals surface area (Å²) in [5.41, 5.74) is 0.385. The van der Waals surface area contributed by atoms with Crippen LogP contribution in [0.25, 0.3) is 0 Å². The van der Waals surface area contributed by atoms with Crippen molar-refractivity contribution in [3.63, 3.8) is 0 Å². The molecule has 1 aliphatic heterocycles. The zero-order chi connectivity index (χ0) is 15.7. The van der Waals surface area contributed by atoms with Crippen LogP contribution in [0.4, 0.5) is 0 Å². The summed E-state index contributed by atoms with van der Waals surface area (Å²) in [6, 6.07) is 3.08. The molecule has 1 fully saturated rings. The number of hydrogen-bond acceptors (Lipinski definition) is 5. The van der Waals surface area contributed by atoms with Crippen molar-refractivity contribution in [2.24, 2.45) is 7.05 Å². The molecule has 7 heteroatoms. The van der Waals surface area contributed by atoms with Crippen LogP contribution in [0.5, 0.6) is 0 Å². The maximum atomic E-state index is 12.6. The number of piperidine rings is 1. The summed E-state index contributed by atoms with van der Waals surface area (Å²) in [7, 11) is 1.75. The first-order valence-electron chi connectivity index (χ1n) is 7.35. The minimum Gasteiger partial charge on any atom is -0.348 e. The summed E-state index contributed by atoms with van der Waals surface area (Å²) in [5, 5.41) is 3.78. The van der Waals surface area contributed by atoms with E-state index in [0.29, 0.717) is 24.0 Å². The zero-order valence-electron chi connectivity index (χ0n) is 12.7. The van der Waals surface area contributed by atoms with Gasteiger partial charge in [-0.3, -0.25) is 9.59 Å². The maximum absolute atomic E-state index is 12.6. The van der Waals surface area contributed by atoms with Crippen LogP contribution in [-0.4, -0.2) is 37.8 Å². The molecule has 2 aromatic heterocycles. The van der Waals surface area contributed by atoms with Gasteiger partial charge in [-0.25, -0.2) is 0 Å². The molecule has 116 valence electrons. The monoisotopic (exact) mass is 302 g/mol. The highest BCUT2D eigenvalue weighted by molar-refractivity contribution is 6.42. The summed E-state index contributed by atoms with van der Waals surface area (Å²) in [5.74, 6) is -0.0787. The molecule has 0 radical (unpaired) electrons. The van der Waals surface area contributed by atoms with Crippen molar-refractivity contribution >= 4 is 11.7 Å². The largest absolute Gasteiger partial charge is 0.348 e. The van der Waals surface area contributed by atoms with Gasteiger partial charge in [0.1, 0.15) is 6.04 Å². The van der Waals surface area contributed by atoms with Gasteiger partial charge in [0.2, 0.25) is 5.89 Å². The van der Waals surface area contributed by atoms with Crippen LogP contribution in [-0.2, 0) is 11.8 Å². The van der Waals surface area contributed by atoms with Crippen LogP contribution in [0.15, 0.2) is 22.9 Å². The van der Waals surface area contributed by atoms with E-state index in [0.717, 1.165) is 19.3 Å². The van der Waals surface area contributed by atoms with Gasteiger partial charge in [0.05, 0.1) is 5.69 Å². The van der Waals surface area contributed by atoms with E-state index in [-0.39, 0.29) is 6.04 Å². The third-order valence-corrected chi connectivity index (χ3v) is 3.96. The molecule has 3 heterocycles. The molecule has 0 unspecified atom stereocenters. The second-order valence-corrected chi connectivity index (χ2v) is 5.52. The van der Waals surface area contributed by atoms with E-state index in [2.05, 4.69) is 10.1 Å². The number of amides is 1. The molecule has 1 atom stereocenters. The molecule has 0 aromatic carbocycles. The predicted molar refractivity (Wildman–Crippen MR) is 77.1 cm³/mol. The Morgan fingerprint density at radius 3 is 2.82 bits per heavy atom. The molecule has 22 heavy (non-hydrogen) atoms. The van der Waals surface area contributed by atoms with Crippen molar-refractivity contribution in [2.75, 3.05) is 6.54 Å². The number of Topliss-reactive ketones (excluding diaryl/α,β-unsaturated/α-hetero) is 1. The zero-order valence-corrected chi connectivity index (χ0v) is 12.7. The minimum atomic E-state index is -0.512. The predicted octanol–water partition coefficient (Wildman–Crippen LogP) is 1.65. The smallest absolute Gasteiger partial charge is 0.297 e. The molecule has 0 N–H and O–H groups in total. The minimum absolute atomic E-state index is 0.313. The molecular formula is C15H18N4O3. The van der Waals surface area contributed by atoms with Gasteiger partial charge < -0.3 is 14.0 Å². The summed E-state index contributed by atoms with van der Waals surface area (Å²) < 4.78 is 6.86. The third kappa shape index (κ3) is 2.54. The van der Waals surface area contributed by atoms with Crippen molar-refractivity contribution in [2.45, 2.75) is 32.2 Å². The maximum Gasteiger partial charge on any atom is 0.297 e. The number of likely N-dealkylation sites (tertiary alicyclic amines) is 1. The van der Waals surface area contributed by atoms with E-state index in [4.69, 9.17) is 4.52 Å². The van der Waals surface area contributed by atoms with Gasteiger partial charge in [0, 0.05) is 19.8 Å². The topological polar surface area (TPSA) is 81.2 Å².